The molecule has 0 bridgehead atoms. The fourth-order valence-electron chi connectivity index (χ4n) is 1.55. The van der Waals surface area contributed by atoms with Crippen LogP contribution >= 0.6 is 0 Å². The minimum Gasteiger partial charge on any atom is -0.467 e. The van der Waals surface area contributed by atoms with Gasteiger partial charge in [-0.1, -0.05) is 12.1 Å². The number of anilines is 3. The third kappa shape index (κ3) is 3.52. The summed E-state index contributed by atoms with van der Waals surface area (Å²) in [5, 5.41) is 3.04. The number of aromatic nitrogens is 3. The zero-order chi connectivity index (χ0) is 13.7. The SMILES string of the molecule is COCc1cccc(Nc2nc(N)nc(OC)n2)c1. The number of nitrogens with one attached hydrogen (secondary N) is 1. The van der Waals surface area contributed by atoms with E-state index < -0.39 is 0 Å². The van der Waals surface area contributed by atoms with Gasteiger partial charge in [0.2, 0.25) is 11.9 Å². The lowest BCUT2D eigenvalue weighted by atomic mass is 10.2. The van der Waals surface area contributed by atoms with Gasteiger partial charge < -0.3 is 20.5 Å². The van der Waals surface area contributed by atoms with Crippen LogP contribution in [0.4, 0.5) is 17.6 Å². The Morgan fingerprint density at radius 1 is 1.21 bits per heavy atom. The highest BCUT2D eigenvalue weighted by Crippen LogP contribution is 2.17. The third-order valence-electron chi connectivity index (χ3n) is 2.31. The van der Waals surface area contributed by atoms with E-state index in [0.717, 1.165) is 11.3 Å². The summed E-state index contributed by atoms with van der Waals surface area (Å²) in [5.41, 5.74) is 7.44. The highest BCUT2D eigenvalue weighted by Gasteiger charge is 2.05. The summed E-state index contributed by atoms with van der Waals surface area (Å²) in [6.07, 6.45) is 0. The van der Waals surface area contributed by atoms with Crippen molar-refractivity contribution in [2.24, 2.45) is 0 Å². The Morgan fingerprint density at radius 3 is 2.79 bits per heavy atom. The molecule has 19 heavy (non-hydrogen) atoms. The molecule has 0 atom stereocenters. The van der Waals surface area contributed by atoms with Crippen molar-refractivity contribution in [3.8, 4) is 6.01 Å². The van der Waals surface area contributed by atoms with Crippen LogP contribution in [0, 0.1) is 0 Å². The molecule has 2 rings (SSSR count). The molecule has 0 aliphatic rings. The van der Waals surface area contributed by atoms with Crippen LogP contribution in [0.1, 0.15) is 5.56 Å². The number of hydrogen-bond donors (Lipinski definition) is 2. The van der Waals surface area contributed by atoms with Gasteiger partial charge in [-0.2, -0.15) is 15.0 Å². The molecule has 0 saturated heterocycles. The summed E-state index contributed by atoms with van der Waals surface area (Å²) in [5.74, 6) is 0.432. The largest absolute Gasteiger partial charge is 0.467 e. The predicted octanol–water partition coefficient (Wildman–Crippen LogP) is 1.35. The van der Waals surface area contributed by atoms with E-state index >= 15 is 0 Å². The van der Waals surface area contributed by atoms with Crippen LogP contribution in [0.3, 0.4) is 0 Å². The van der Waals surface area contributed by atoms with E-state index in [9.17, 15) is 0 Å². The molecular weight excluding hydrogens is 246 g/mol. The molecule has 0 saturated carbocycles. The normalized spacial score (nSPS) is 10.2. The molecule has 0 amide bonds. The van der Waals surface area contributed by atoms with Crippen LogP contribution in [0.5, 0.6) is 6.01 Å². The molecule has 0 spiro atoms. The molecule has 7 nitrogen and oxygen atoms in total. The van der Waals surface area contributed by atoms with Crippen molar-refractivity contribution < 1.29 is 9.47 Å². The lowest BCUT2D eigenvalue weighted by Crippen LogP contribution is -2.05. The van der Waals surface area contributed by atoms with E-state index in [2.05, 4.69) is 20.3 Å². The Morgan fingerprint density at radius 2 is 2.05 bits per heavy atom. The van der Waals surface area contributed by atoms with E-state index in [1.54, 1.807) is 7.11 Å². The molecule has 0 unspecified atom stereocenters. The topological polar surface area (TPSA) is 95.2 Å². The van der Waals surface area contributed by atoms with Crippen molar-refractivity contribution in [1.82, 2.24) is 15.0 Å². The average molecular weight is 261 g/mol. The Bertz CT molecular complexity index is 562. The van der Waals surface area contributed by atoms with Crippen LogP contribution in [-0.4, -0.2) is 29.2 Å². The van der Waals surface area contributed by atoms with Crippen molar-refractivity contribution >= 4 is 17.6 Å². The van der Waals surface area contributed by atoms with Crippen molar-refractivity contribution in [3.63, 3.8) is 0 Å². The van der Waals surface area contributed by atoms with E-state index in [0.29, 0.717) is 12.6 Å². The van der Waals surface area contributed by atoms with Gasteiger partial charge in [0.1, 0.15) is 0 Å². The zero-order valence-electron chi connectivity index (χ0n) is 10.8. The molecule has 0 radical (unpaired) electrons. The monoisotopic (exact) mass is 261 g/mol. The first-order valence-electron chi connectivity index (χ1n) is 5.61. The first-order chi connectivity index (χ1) is 9.21. The summed E-state index contributed by atoms with van der Waals surface area (Å²) < 4.78 is 10.0. The summed E-state index contributed by atoms with van der Waals surface area (Å²) in [6, 6.07) is 7.89. The summed E-state index contributed by atoms with van der Waals surface area (Å²) in [6.45, 7) is 0.540. The highest BCUT2D eigenvalue weighted by atomic mass is 16.5. The van der Waals surface area contributed by atoms with Crippen LogP contribution in [0.25, 0.3) is 0 Å². The maximum Gasteiger partial charge on any atom is 0.322 e. The van der Waals surface area contributed by atoms with Crippen LogP contribution in [-0.2, 0) is 11.3 Å². The zero-order valence-corrected chi connectivity index (χ0v) is 10.8. The number of benzene rings is 1. The van der Waals surface area contributed by atoms with Crippen LogP contribution < -0.4 is 15.8 Å². The van der Waals surface area contributed by atoms with E-state index in [-0.39, 0.29) is 12.0 Å². The van der Waals surface area contributed by atoms with E-state index in [1.165, 1.54) is 7.11 Å². The fourth-order valence-corrected chi connectivity index (χ4v) is 1.55. The van der Waals surface area contributed by atoms with Gasteiger partial charge in [-0.3, -0.25) is 0 Å². The maximum absolute atomic E-state index is 5.56. The molecule has 0 fully saturated rings. The Labute approximate surface area is 110 Å². The smallest absolute Gasteiger partial charge is 0.322 e. The molecule has 2 aromatic rings. The summed E-state index contributed by atoms with van der Waals surface area (Å²) in [7, 11) is 3.12. The quantitative estimate of drug-likeness (QED) is 0.838. The fraction of sp³-hybridized carbons (Fsp3) is 0.250. The lowest BCUT2D eigenvalue weighted by molar-refractivity contribution is 0.185. The van der Waals surface area contributed by atoms with Crippen molar-refractivity contribution in [1.29, 1.82) is 0 Å². The second-order valence-corrected chi connectivity index (χ2v) is 3.76. The minimum atomic E-state index is 0.0994. The van der Waals surface area contributed by atoms with Gasteiger partial charge in [0.15, 0.2) is 0 Å². The van der Waals surface area contributed by atoms with Gasteiger partial charge >= 0.3 is 6.01 Å². The first-order valence-corrected chi connectivity index (χ1v) is 5.61. The van der Waals surface area contributed by atoms with Gasteiger partial charge in [0.25, 0.3) is 0 Å². The van der Waals surface area contributed by atoms with Gasteiger partial charge in [0.05, 0.1) is 13.7 Å². The number of rotatable bonds is 5. The molecule has 100 valence electrons. The summed E-state index contributed by atoms with van der Waals surface area (Å²) in [4.78, 5) is 11.9. The molecule has 0 aliphatic heterocycles. The van der Waals surface area contributed by atoms with Crippen molar-refractivity contribution in [3.05, 3.63) is 29.8 Å². The maximum atomic E-state index is 5.56. The number of nitrogen functional groups attached to an aromatic ring is 1. The number of nitrogens with zero attached hydrogens (tertiary/aromatic N) is 3. The standard InChI is InChI=1S/C12H15N5O2/c1-18-7-8-4-3-5-9(6-8)14-11-15-10(13)16-12(17-11)19-2/h3-6H,7H2,1-2H3,(H3,13,14,15,16,17). The van der Waals surface area contributed by atoms with Gasteiger partial charge in [-0.05, 0) is 17.7 Å². The predicted molar refractivity (Wildman–Crippen MR) is 71.2 cm³/mol. The second-order valence-electron chi connectivity index (χ2n) is 3.76. The molecule has 0 aliphatic carbocycles. The van der Waals surface area contributed by atoms with Crippen LogP contribution in [0.15, 0.2) is 24.3 Å². The average Bonchev–Trinajstić information content (AvgIpc) is 2.39. The molecule has 7 heteroatoms. The van der Waals surface area contributed by atoms with Gasteiger partial charge in [-0.15, -0.1) is 0 Å². The Hall–Kier alpha value is -2.41. The van der Waals surface area contributed by atoms with Crippen LogP contribution in [0.2, 0.25) is 0 Å². The number of ether oxygens (including phenoxy) is 2. The highest BCUT2D eigenvalue weighted by molar-refractivity contribution is 5.55. The van der Waals surface area contributed by atoms with Gasteiger partial charge in [0, 0.05) is 12.8 Å². The molecule has 1 aromatic carbocycles. The minimum absolute atomic E-state index is 0.0994. The van der Waals surface area contributed by atoms with Gasteiger partial charge in [-0.25, -0.2) is 0 Å². The Balaban J connectivity index is 2.20. The number of hydrogen-bond acceptors (Lipinski definition) is 7. The lowest BCUT2D eigenvalue weighted by Gasteiger charge is -2.08. The second kappa shape index (κ2) is 5.96. The van der Waals surface area contributed by atoms with E-state index in [4.69, 9.17) is 15.2 Å². The number of methoxy groups -OCH3 is 2. The summed E-state index contributed by atoms with van der Waals surface area (Å²) >= 11 is 0. The molecular formula is C12H15N5O2. The molecule has 3 N–H and O–H groups in total. The van der Waals surface area contributed by atoms with Crippen molar-refractivity contribution in [2.45, 2.75) is 6.61 Å². The Kier molecular flexibility index (Phi) is 4.09. The van der Waals surface area contributed by atoms with Crippen molar-refractivity contribution in [2.75, 3.05) is 25.3 Å². The van der Waals surface area contributed by atoms with E-state index in [1.807, 2.05) is 24.3 Å². The molecule has 1 aromatic heterocycles. The third-order valence-corrected chi connectivity index (χ3v) is 2.31. The first kappa shape index (κ1) is 13.0. The molecule has 1 heterocycles. The number of nitrogens with two attached hydrogens (primary N) is 1.